The Morgan fingerprint density at radius 3 is 2.68 bits per heavy atom. The summed E-state index contributed by atoms with van der Waals surface area (Å²) in [7, 11) is 0. The van der Waals surface area contributed by atoms with E-state index in [1.54, 1.807) is 12.3 Å². The van der Waals surface area contributed by atoms with Crippen LogP contribution < -0.4 is 10.6 Å². The van der Waals surface area contributed by atoms with Gasteiger partial charge in [-0.3, -0.25) is 4.79 Å². The molecule has 1 amide bonds. The maximum atomic E-state index is 11.7. The van der Waals surface area contributed by atoms with Gasteiger partial charge < -0.3 is 10.6 Å². The minimum Gasteiger partial charge on any atom is -0.367 e. The zero-order valence-corrected chi connectivity index (χ0v) is 12.8. The van der Waals surface area contributed by atoms with Gasteiger partial charge in [0.1, 0.15) is 5.82 Å². The average molecular weight is 295 g/mol. The topological polar surface area (TPSA) is 54.0 Å². The predicted molar refractivity (Wildman–Crippen MR) is 90.8 cm³/mol. The molecule has 22 heavy (non-hydrogen) atoms. The zero-order valence-electron chi connectivity index (χ0n) is 12.8. The molecule has 1 aromatic heterocycles. The molecule has 0 spiro atoms. The van der Waals surface area contributed by atoms with E-state index < -0.39 is 0 Å². The summed E-state index contributed by atoms with van der Waals surface area (Å²) in [5.41, 5.74) is 1.75. The minimum atomic E-state index is -0.0788. The fourth-order valence-corrected chi connectivity index (χ4v) is 1.90. The Morgan fingerprint density at radius 2 is 2.00 bits per heavy atom. The van der Waals surface area contributed by atoms with Crippen molar-refractivity contribution in [3.8, 4) is 0 Å². The molecule has 2 N–H and O–H groups in total. The molecule has 1 heterocycles. The summed E-state index contributed by atoms with van der Waals surface area (Å²) < 4.78 is 0. The van der Waals surface area contributed by atoms with Crippen LogP contribution >= 0.6 is 0 Å². The molecule has 114 valence electrons. The number of nitrogens with zero attached hydrogens (tertiary/aromatic N) is 1. The SMILES string of the molecule is CCCNC(=O)c1ccc(NC/C=C/c2ccccc2)nc1. The maximum absolute atomic E-state index is 11.7. The molecule has 2 aromatic rings. The average Bonchev–Trinajstić information content (AvgIpc) is 2.58. The lowest BCUT2D eigenvalue weighted by Gasteiger charge is -2.05. The second-order valence-electron chi connectivity index (χ2n) is 4.88. The molecular formula is C18H21N3O. The van der Waals surface area contributed by atoms with Crippen LogP contribution in [0, 0.1) is 0 Å². The van der Waals surface area contributed by atoms with Gasteiger partial charge >= 0.3 is 0 Å². The van der Waals surface area contributed by atoms with Gasteiger partial charge in [0, 0.05) is 19.3 Å². The Morgan fingerprint density at radius 1 is 1.18 bits per heavy atom. The number of benzene rings is 1. The molecular weight excluding hydrogens is 274 g/mol. The monoisotopic (exact) mass is 295 g/mol. The van der Waals surface area contributed by atoms with Crippen molar-refractivity contribution >= 4 is 17.8 Å². The van der Waals surface area contributed by atoms with Crippen LogP contribution in [0.4, 0.5) is 5.82 Å². The lowest BCUT2D eigenvalue weighted by Crippen LogP contribution is -2.24. The van der Waals surface area contributed by atoms with Gasteiger partial charge in [-0.2, -0.15) is 0 Å². The molecule has 0 atom stereocenters. The van der Waals surface area contributed by atoms with Crippen molar-refractivity contribution < 1.29 is 4.79 Å². The summed E-state index contributed by atoms with van der Waals surface area (Å²) in [6.45, 7) is 3.39. The van der Waals surface area contributed by atoms with E-state index in [1.807, 2.05) is 37.3 Å². The van der Waals surface area contributed by atoms with E-state index in [4.69, 9.17) is 0 Å². The highest BCUT2D eigenvalue weighted by Crippen LogP contribution is 2.05. The number of nitrogens with one attached hydrogen (secondary N) is 2. The number of amides is 1. The lowest BCUT2D eigenvalue weighted by atomic mass is 10.2. The smallest absolute Gasteiger partial charge is 0.252 e. The number of pyridine rings is 1. The molecule has 4 heteroatoms. The van der Waals surface area contributed by atoms with Crippen molar-refractivity contribution in [2.75, 3.05) is 18.4 Å². The van der Waals surface area contributed by atoms with Crippen LogP contribution in [-0.4, -0.2) is 24.0 Å². The molecule has 0 saturated carbocycles. The second kappa shape index (κ2) is 8.62. The van der Waals surface area contributed by atoms with Crippen molar-refractivity contribution in [1.82, 2.24) is 10.3 Å². The summed E-state index contributed by atoms with van der Waals surface area (Å²) >= 11 is 0. The number of carbonyl (C=O) groups excluding carboxylic acids is 1. The predicted octanol–water partition coefficient (Wildman–Crippen LogP) is 3.35. The van der Waals surface area contributed by atoms with E-state index in [1.165, 1.54) is 5.56 Å². The Bertz CT molecular complexity index is 606. The van der Waals surface area contributed by atoms with Gasteiger partial charge in [-0.15, -0.1) is 0 Å². The van der Waals surface area contributed by atoms with Crippen LogP contribution in [-0.2, 0) is 0 Å². The van der Waals surface area contributed by atoms with Crippen LogP contribution in [0.15, 0.2) is 54.7 Å². The number of hydrogen-bond acceptors (Lipinski definition) is 3. The van der Waals surface area contributed by atoms with E-state index in [0.29, 0.717) is 18.7 Å². The Kier molecular flexibility index (Phi) is 6.18. The first-order valence-electron chi connectivity index (χ1n) is 7.49. The molecule has 0 fully saturated rings. The summed E-state index contributed by atoms with van der Waals surface area (Å²) in [6.07, 6.45) is 6.61. The van der Waals surface area contributed by atoms with Crippen molar-refractivity contribution in [1.29, 1.82) is 0 Å². The molecule has 0 unspecified atom stereocenters. The quantitative estimate of drug-likeness (QED) is 0.823. The van der Waals surface area contributed by atoms with Gasteiger partial charge in [0.15, 0.2) is 0 Å². The molecule has 1 aromatic carbocycles. The van der Waals surface area contributed by atoms with E-state index in [9.17, 15) is 4.79 Å². The van der Waals surface area contributed by atoms with Crippen LogP contribution in [0.25, 0.3) is 6.08 Å². The van der Waals surface area contributed by atoms with E-state index in [-0.39, 0.29) is 5.91 Å². The van der Waals surface area contributed by atoms with E-state index in [2.05, 4.69) is 33.8 Å². The summed E-state index contributed by atoms with van der Waals surface area (Å²) in [5.74, 6) is 0.676. The Balaban J connectivity index is 1.81. The number of anilines is 1. The number of rotatable bonds is 7. The van der Waals surface area contributed by atoms with Crippen molar-refractivity contribution in [3.63, 3.8) is 0 Å². The molecule has 4 nitrogen and oxygen atoms in total. The van der Waals surface area contributed by atoms with Gasteiger partial charge in [-0.05, 0) is 24.1 Å². The van der Waals surface area contributed by atoms with Gasteiger partial charge in [-0.1, -0.05) is 49.4 Å². The summed E-state index contributed by atoms with van der Waals surface area (Å²) in [5, 5.41) is 6.02. The number of carbonyl (C=O) groups is 1. The molecule has 0 aliphatic heterocycles. The molecule has 0 radical (unpaired) electrons. The van der Waals surface area contributed by atoms with Crippen LogP contribution in [0.2, 0.25) is 0 Å². The highest BCUT2D eigenvalue weighted by Gasteiger charge is 2.04. The third-order valence-corrected chi connectivity index (χ3v) is 3.07. The zero-order chi connectivity index (χ0) is 15.6. The lowest BCUT2D eigenvalue weighted by molar-refractivity contribution is 0.0953. The molecule has 2 rings (SSSR count). The largest absolute Gasteiger partial charge is 0.367 e. The Labute approximate surface area is 131 Å². The maximum Gasteiger partial charge on any atom is 0.252 e. The Hall–Kier alpha value is -2.62. The first-order valence-corrected chi connectivity index (χ1v) is 7.49. The normalized spacial score (nSPS) is 10.6. The fourth-order valence-electron chi connectivity index (χ4n) is 1.90. The number of aromatic nitrogens is 1. The minimum absolute atomic E-state index is 0.0788. The van der Waals surface area contributed by atoms with Crippen LogP contribution in [0.5, 0.6) is 0 Å². The van der Waals surface area contributed by atoms with Crippen LogP contribution in [0.1, 0.15) is 29.3 Å². The van der Waals surface area contributed by atoms with Crippen molar-refractivity contribution in [2.45, 2.75) is 13.3 Å². The van der Waals surface area contributed by atoms with E-state index in [0.717, 1.165) is 12.2 Å². The number of hydrogen-bond donors (Lipinski definition) is 2. The summed E-state index contributed by atoms with van der Waals surface area (Å²) in [6, 6.07) is 13.7. The first kappa shape index (κ1) is 15.8. The fraction of sp³-hybridized carbons (Fsp3) is 0.222. The second-order valence-corrected chi connectivity index (χ2v) is 4.88. The van der Waals surface area contributed by atoms with Gasteiger partial charge in [0.05, 0.1) is 5.56 Å². The van der Waals surface area contributed by atoms with Crippen LogP contribution in [0.3, 0.4) is 0 Å². The summed E-state index contributed by atoms with van der Waals surface area (Å²) in [4.78, 5) is 16.0. The molecule has 0 aliphatic carbocycles. The standard InChI is InChI=1S/C18H21N3O/c1-2-12-20-18(22)16-10-11-17(21-14-16)19-13-6-9-15-7-4-3-5-8-15/h3-11,14H,2,12-13H2,1H3,(H,19,21)(H,20,22)/b9-6+. The van der Waals surface area contributed by atoms with Gasteiger partial charge in [-0.25, -0.2) is 4.98 Å². The highest BCUT2D eigenvalue weighted by molar-refractivity contribution is 5.94. The third kappa shape index (κ3) is 5.05. The van der Waals surface area contributed by atoms with Gasteiger partial charge in [0.2, 0.25) is 0 Å². The highest BCUT2D eigenvalue weighted by atomic mass is 16.1. The van der Waals surface area contributed by atoms with Crippen molar-refractivity contribution in [2.24, 2.45) is 0 Å². The van der Waals surface area contributed by atoms with Gasteiger partial charge in [0.25, 0.3) is 5.91 Å². The molecule has 0 bridgehead atoms. The van der Waals surface area contributed by atoms with Crippen molar-refractivity contribution in [3.05, 3.63) is 65.9 Å². The molecule has 0 aliphatic rings. The molecule has 0 saturated heterocycles. The first-order chi connectivity index (χ1) is 10.8. The third-order valence-electron chi connectivity index (χ3n) is 3.07. The van der Waals surface area contributed by atoms with E-state index >= 15 is 0 Å².